The molecule has 0 spiro atoms. The van der Waals surface area contributed by atoms with Gasteiger partial charge >= 0.3 is 5.97 Å². The molecule has 7 aliphatic carbocycles. The van der Waals surface area contributed by atoms with Crippen LogP contribution in [0.3, 0.4) is 0 Å². The SMILES string of the molecule is CC(=O)CNC1=C2[C@H](CC[C@]3(C)[C@@H]4[C@@H](CC#C[C@H]([C@@H]5COC(=O)C5)C[C@@H]5[C@@H](CC=C6CC[C@H](C)C[C@H]65)[C@H](C)C[C@@H](O)[C@]4(C)O)C[C@@]23O)[C@@]2(C)C[C@H](O)[C@H](O)C[C@H]2C1=O. The highest BCUT2D eigenvalue weighted by molar-refractivity contribution is 6.00. The van der Waals surface area contributed by atoms with E-state index in [0.29, 0.717) is 62.0 Å². The van der Waals surface area contributed by atoms with Crippen LogP contribution in [0.25, 0.3) is 0 Å². The van der Waals surface area contributed by atoms with Crippen LogP contribution >= 0.6 is 0 Å². The molecule has 0 unspecified atom stereocenters. The first kappa shape index (κ1) is 42.2. The number of carbonyl (C=O) groups is 3. The van der Waals surface area contributed by atoms with E-state index >= 15 is 0 Å². The van der Waals surface area contributed by atoms with E-state index in [4.69, 9.17) is 4.74 Å². The van der Waals surface area contributed by atoms with E-state index in [1.54, 1.807) is 12.5 Å². The molecule has 6 N–H and O–H groups in total. The molecule has 0 amide bonds. The van der Waals surface area contributed by atoms with Crippen LogP contribution in [0.5, 0.6) is 0 Å². The lowest BCUT2D eigenvalue weighted by Gasteiger charge is -2.61. The van der Waals surface area contributed by atoms with Crippen LogP contribution in [-0.4, -0.2) is 85.7 Å². The number of allylic oxidation sites excluding steroid dienone is 3. The summed E-state index contributed by atoms with van der Waals surface area (Å²) in [5.74, 6) is 6.43. The third kappa shape index (κ3) is 6.67. The molecule has 8 rings (SSSR count). The first-order valence-corrected chi connectivity index (χ1v) is 22.6. The minimum absolute atomic E-state index is 0.0130. The molecule has 5 fully saturated rings. The highest BCUT2D eigenvalue weighted by Crippen LogP contribution is 2.71. The summed E-state index contributed by atoms with van der Waals surface area (Å²) < 4.78 is 5.55. The number of cyclic esters (lactones) is 1. The molecular formula is C48H69NO9. The lowest BCUT2D eigenvalue weighted by Crippen LogP contribution is -2.64. The van der Waals surface area contributed by atoms with Crippen molar-refractivity contribution in [2.45, 2.75) is 155 Å². The summed E-state index contributed by atoms with van der Waals surface area (Å²) in [4.78, 5) is 39.6. The van der Waals surface area contributed by atoms with Crippen LogP contribution in [0.1, 0.15) is 125 Å². The molecule has 0 aromatic rings. The van der Waals surface area contributed by atoms with Crippen LogP contribution < -0.4 is 5.32 Å². The molecule has 8 aliphatic rings. The summed E-state index contributed by atoms with van der Waals surface area (Å²) >= 11 is 0. The first-order valence-electron chi connectivity index (χ1n) is 22.6. The summed E-state index contributed by atoms with van der Waals surface area (Å²) in [6.07, 6.45) is 7.16. The number of hydrogen-bond donors (Lipinski definition) is 6. The van der Waals surface area contributed by atoms with Crippen molar-refractivity contribution in [3.63, 3.8) is 0 Å². The summed E-state index contributed by atoms with van der Waals surface area (Å²) in [5, 5.41) is 64.0. The minimum Gasteiger partial charge on any atom is -0.465 e. The summed E-state index contributed by atoms with van der Waals surface area (Å²) in [6, 6.07) is 0. The van der Waals surface area contributed by atoms with Crippen molar-refractivity contribution in [3.05, 3.63) is 22.9 Å². The van der Waals surface area contributed by atoms with Crippen LogP contribution in [0.15, 0.2) is 22.9 Å². The highest BCUT2D eigenvalue weighted by atomic mass is 16.5. The first-order chi connectivity index (χ1) is 27.3. The van der Waals surface area contributed by atoms with E-state index in [1.807, 2.05) is 13.8 Å². The molecule has 1 saturated heterocycles. The minimum atomic E-state index is -1.62. The lowest BCUT2D eigenvalue weighted by molar-refractivity contribution is -0.183. The molecule has 18 atom stereocenters. The topological polar surface area (TPSA) is 174 Å². The molecule has 0 aromatic heterocycles. The molecule has 0 radical (unpaired) electrons. The fourth-order valence-electron chi connectivity index (χ4n) is 14.9. The van der Waals surface area contributed by atoms with Gasteiger partial charge in [0.2, 0.25) is 0 Å². The standard InChI is InChI=1S/C48H69NO9/c1-25-10-11-28-12-13-32-26(2)17-39(53)47(6,56)44-30(9-7-8-29(18-34(32)33(28)16-25)31-19-40(54)58-24-31)21-48(57)41-35(14-15-46(44,48)5)45(4)22-38(52)37(51)20-36(45)43(55)42(41)49-23-27(3)50/h12,25-26,29-39,44,49,51-53,56-57H,9-11,13-24H2,1-6H3/t25-,26+,29-,30-,31-,32-,33+,34+,35-,36-,37+,38-,39+,44-,45+,46+,47-,48+/m0/s1. The Morgan fingerprint density at radius 3 is 2.41 bits per heavy atom. The zero-order valence-electron chi connectivity index (χ0n) is 35.6. The number of aliphatic hydroxyl groups is 5. The van der Waals surface area contributed by atoms with Gasteiger partial charge in [-0.15, -0.1) is 5.92 Å². The fourth-order valence-corrected chi connectivity index (χ4v) is 14.9. The van der Waals surface area contributed by atoms with E-state index in [2.05, 4.69) is 37.1 Å². The van der Waals surface area contributed by atoms with Crippen molar-refractivity contribution in [1.82, 2.24) is 5.32 Å². The largest absolute Gasteiger partial charge is 0.465 e. The van der Waals surface area contributed by atoms with Gasteiger partial charge in [0.15, 0.2) is 5.78 Å². The van der Waals surface area contributed by atoms with Crippen molar-refractivity contribution in [1.29, 1.82) is 0 Å². The zero-order chi connectivity index (χ0) is 41.7. The van der Waals surface area contributed by atoms with Crippen molar-refractivity contribution in [3.8, 4) is 11.8 Å². The van der Waals surface area contributed by atoms with Crippen molar-refractivity contribution in [2.75, 3.05) is 13.2 Å². The Labute approximate surface area is 345 Å². The molecule has 0 bridgehead atoms. The van der Waals surface area contributed by atoms with Crippen LogP contribution in [0.2, 0.25) is 0 Å². The van der Waals surface area contributed by atoms with Gasteiger partial charge in [-0.3, -0.25) is 14.4 Å². The Hall–Kier alpha value is -2.55. The Kier molecular flexibility index (Phi) is 11.0. The quantitative estimate of drug-likeness (QED) is 0.129. The number of esters is 1. The van der Waals surface area contributed by atoms with Crippen LogP contribution in [0, 0.1) is 87.8 Å². The Bertz CT molecular complexity index is 1810. The smallest absolute Gasteiger partial charge is 0.306 e. The van der Waals surface area contributed by atoms with Crippen molar-refractivity contribution >= 4 is 17.5 Å². The third-order valence-electron chi connectivity index (χ3n) is 18.0. The van der Waals surface area contributed by atoms with Gasteiger partial charge in [-0.1, -0.05) is 45.3 Å². The number of ether oxygens (including phenoxy) is 1. The number of carbonyl (C=O) groups excluding carboxylic acids is 3. The Morgan fingerprint density at radius 2 is 1.71 bits per heavy atom. The van der Waals surface area contributed by atoms with Crippen molar-refractivity contribution in [2.24, 2.45) is 75.9 Å². The second kappa shape index (κ2) is 15.1. The monoisotopic (exact) mass is 803 g/mol. The molecule has 0 aromatic carbocycles. The van der Waals surface area contributed by atoms with Gasteiger partial charge in [0, 0.05) is 35.5 Å². The maximum absolute atomic E-state index is 14.7. The second-order valence-corrected chi connectivity index (χ2v) is 21.5. The van der Waals surface area contributed by atoms with Gasteiger partial charge < -0.3 is 35.6 Å². The Morgan fingerprint density at radius 1 is 0.948 bits per heavy atom. The number of nitrogens with one attached hydrogen (secondary N) is 1. The third-order valence-corrected chi connectivity index (χ3v) is 18.0. The van der Waals surface area contributed by atoms with E-state index in [0.717, 1.165) is 25.7 Å². The van der Waals surface area contributed by atoms with Crippen molar-refractivity contribution < 1.29 is 44.7 Å². The lowest BCUT2D eigenvalue weighted by atomic mass is 9.45. The van der Waals surface area contributed by atoms with Crippen LogP contribution in [0.4, 0.5) is 0 Å². The molecule has 1 heterocycles. The number of hydrogen-bond acceptors (Lipinski definition) is 10. The number of rotatable bonds is 4. The number of ketones is 2. The maximum atomic E-state index is 14.7. The fraction of sp³-hybridized carbons (Fsp3) is 0.812. The van der Waals surface area contributed by atoms with Gasteiger partial charge in [-0.05, 0) is 137 Å². The maximum Gasteiger partial charge on any atom is 0.306 e. The molecule has 4 saturated carbocycles. The van der Waals surface area contributed by atoms with Gasteiger partial charge in [-0.25, -0.2) is 0 Å². The number of fused-ring (bicyclic) bond motifs is 10. The van der Waals surface area contributed by atoms with E-state index in [1.165, 1.54) is 13.3 Å². The summed E-state index contributed by atoms with van der Waals surface area (Å²) in [6.45, 7) is 12.0. The molecule has 10 heteroatoms. The predicted octanol–water partition coefficient (Wildman–Crippen LogP) is 5.04. The number of Topliss-reactive ketones (excluding diaryl/α,β-unsaturated/α-hetero) is 2. The Balaban J connectivity index is 1.23. The van der Waals surface area contributed by atoms with Gasteiger partial charge in [-0.2, -0.15) is 0 Å². The summed E-state index contributed by atoms with van der Waals surface area (Å²) in [5.41, 5.74) is -2.65. The number of aliphatic hydroxyl groups excluding tert-OH is 3. The van der Waals surface area contributed by atoms with Gasteiger partial charge in [0.05, 0.1) is 54.8 Å². The molecule has 320 valence electrons. The summed E-state index contributed by atoms with van der Waals surface area (Å²) in [7, 11) is 0. The van der Waals surface area contributed by atoms with E-state index < -0.39 is 52.2 Å². The van der Waals surface area contributed by atoms with Crippen LogP contribution in [-0.2, 0) is 19.1 Å². The zero-order valence-corrected chi connectivity index (χ0v) is 35.6. The van der Waals surface area contributed by atoms with Gasteiger partial charge in [0.1, 0.15) is 5.78 Å². The highest BCUT2D eigenvalue weighted by Gasteiger charge is 2.72. The van der Waals surface area contributed by atoms with E-state index in [-0.39, 0.29) is 84.5 Å². The van der Waals surface area contributed by atoms with Gasteiger partial charge in [0.25, 0.3) is 0 Å². The normalized spacial score (nSPS) is 50.4. The average molecular weight is 804 g/mol. The molecule has 10 nitrogen and oxygen atoms in total. The predicted molar refractivity (Wildman–Crippen MR) is 217 cm³/mol. The average Bonchev–Trinajstić information content (AvgIpc) is 3.69. The second-order valence-electron chi connectivity index (χ2n) is 21.5. The molecule has 1 aliphatic heterocycles. The molecule has 58 heavy (non-hydrogen) atoms. The molecular weight excluding hydrogens is 735 g/mol. The van der Waals surface area contributed by atoms with E-state index in [9.17, 15) is 39.9 Å².